The molecule has 148 valence electrons. The molecule has 0 N–H and O–H groups in total. The second-order valence-corrected chi connectivity index (χ2v) is 8.73. The quantitative estimate of drug-likeness (QED) is 0.499. The highest BCUT2D eigenvalue weighted by molar-refractivity contribution is 7.90. The van der Waals surface area contributed by atoms with E-state index in [0.717, 1.165) is 29.1 Å². The summed E-state index contributed by atoms with van der Waals surface area (Å²) in [6.45, 7) is 0. The molecule has 0 aliphatic heterocycles. The van der Waals surface area contributed by atoms with Crippen LogP contribution in [0.1, 0.15) is 5.69 Å². The van der Waals surface area contributed by atoms with Crippen molar-refractivity contribution in [1.29, 1.82) is 0 Å². The number of aromatic nitrogens is 2. The summed E-state index contributed by atoms with van der Waals surface area (Å²) in [6.07, 6.45) is -3.93. The number of alkyl halides is 3. The fourth-order valence-corrected chi connectivity index (χ4v) is 3.79. The van der Waals surface area contributed by atoms with Crippen LogP contribution >= 0.6 is 23.2 Å². The van der Waals surface area contributed by atoms with E-state index in [2.05, 4.69) is 5.10 Å². The lowest BCUT2D eigenvalue weighted by molar-refractivity contribution is -0.141. The smallest absolute Gasteiger partial charge is 0.232 e. The maximum atomic E-state index is 14.3. The lowest BCUT2D eigenvalue weighted by atomic mass is 10.1. The fraction of sp³-hybridized carbons (Fsp3) is 0.118. The molecule has 0 spiro atoms. The number of rotatable bonds is 3. The minimum atomic E-state index is -4.76. The third-order valence-corrected chi connectivity index (χ3v) is 5.29. The van der Waals surface area contributed by atoms with Gasteiger partial charge in [-0.2, -0.15) is 18.3 Å². The van der Waals surface area contributed by atoms with E-state index in [1.54, 1.807) is 0 Å². The van der Waals surface area contributed by atoms with Crippen LogP contribution in [0, 0.1) is 5.82 Å². The molecule has 1 aromatic heterocycles. The third kappa shape index (κ3) is 4.16. The first-order chi connectivity index (χ1) is 12.9. The molecule has 3 rings (SSSR count). The summed E-state index contributed by atoms with van der Waals surface area (Å²) in [5, 5.41) is 3.87. The number of hydrogen-bond acceptors (Lipinski definition) is 3. The first-order valence-corrected chi connectivity index (χ1v) is 10.1. The van der Waals surface area contributed by atoms with Crippen LogP contribution in [0.2, 0.25) is 10.0 Å². The van der Waals surface area contributed by atoms with E-state index in [-0.39, 0.29) is 27.0 Å². The van der Waals surface area contributed by atoms with E-state index in [4.69, 9.17) is 23.2 Å². The van der Waals surface area contributed by atoms with Crippen molar-refractivity contribution in [2.45, 2.75) is 11.1 Å². The molecule has 0 amide bonds. The van der Waals surface area contributed by atoms with Gasteiger partial charge in [0.25, 0.3) is 0 Å². The van der Waals surface area contributed by atoms with E-state index < -0.39 is 32.4 Å². The molecule has 0 saturated carbocycles. The Morgan fingerprint density at radius 2 is 1.61 bits per heavy atom. The molecule has 28 heavy (non-hydrogen) atoms. The number of sulfone groups is 1. The third-order valence-electron chi connectivity index (χ3n) is 3.72. The van der Waals surface area contributed by atoms with Crippen LogP contribution in [-0.4, -0.2) is 24.5 Å². The van der Waals surface area contributed by atoms with E-state index in [9.17, 15) is 26.0 Å². The Kier molecular flexibility index (Phi) is 5.20. The lowest BCUT2D eigenvalue weighted by Gasteiger charge is -2.10. The van der Waals surface area contributed by atoms with E-state index in [1.165, 1.54) is 24.3 Å². The maximum absolute atomic E-state index is 14.3. The molecular weight excluding hydrogens is 443 g/mol. The Morgan fingerprint density at radius 3 is 2.11 bits per heavy atom. The second-order valence-electron chi connectivity index (χ2n) is 5.87. The van der Waals surface area contributed by atoms with Crippen LogP contribution < -0.4 is 0 Å². The zero-order chi connectivity index (χ0) is 20.9. The summed E-state index contributed by atoms with van der Waals surface area (Å²) in [4.78, 5) is -0.566. The summed E-state index contributed by atoms with van der Waals surface area (Å²) in [7, 11) is -3.84. The molecule has 0 aliphatic carbocycles. The van der Waals surface area contributed by atoms with Crippen LogP contribution in [0.15, 0.2) is 47.4 Å². The highest BCUT2D eigenvalue weighted by Gasteiger charge is 2.35. The minimum Gasteiger partial charge on any atom is -0.232 e. The zero-order valence-electron chi connectivity index (χ0n) is 13.9. The molecular formula is C17H10Cl2F4N2O2S. The van der Waals surface area contributed by atoms with Gasteiger partial charge in [-0.3, -0.25) is 0 Å². The molecule has 0 aliphatic rings. The molecule has 0 saturated heterocycles. The molecule has 0 atom stereocenters. The number of hydrogen-bond donors (Lipinski definition) is 0. The first kappa shape index (κ1) is 20.6. The van der Waals surface area contributed by atoms with Gasteiger partial charge in [-0.25, -0.2) is 17.5 Å². The van der Waals surface area contributed by atoms with Gasteiger partial charge in [0.05, 0.1) is 11.4 Å². The van der Waals surface area contributed by atoms with Crippen LogP contribution in [0.25, 0.3) is 16.9 Å². The molecule has 4 nitrogen and oxygen atoms in total. The van der Waals surface area contributed by atoms with Gasteiger partial charge in [0.2, 0.25) is 0 Å². The topological polar surface area (TPSA) is 52.0 Å². The molecule has 2 aromatic carbocycles. The number of halogens is 6. The van der Waals surface area contributed by atoms with Crippen LogP contribution in [0.4, 0.5) is 17.6 Å². The number of nitrogens with zero attached hydrogens (tertiary/aromatic N) is 2. The summed E-state index contributed by atoms with van der Waals surface area (Å²) >= 11 is 11.8. The van der Waals surface area contributed by atoms with Crippen molar-refractivity contribution in [2.75, 3.05) is 6.26 Å². The predicted molar refractivity (Wildman–Crippen MR) is 97.1 cm³/mol. The van der Waals surface area contributed by atoms with Crippen molar-refractivity contribution in [1.82, 2.24) is 9.78 Å². The van der Waals surface area contributed by atoms with Gasteiger partial charge in [0, 0.05) is 21.9 Å². The molecule has 0 fully saturated rings. The summed E-state index contributed by atoms with van der Waals surface area (Å²) in [5.41, 5.74) is -1.23. The maximum Gasteiger partial charge on any atom is 0.435 e. The van der Waals surface area contributed by atoms with Gasteiger partial charge < -0.3 is 0 Å². The Bertz CT molecular complexity index is 1150. The van der Waals surface area contributed by atoms with E-state index in [1.807, 2.05) is 0 Å². The summed E-state index contributed by atoms with van der Waals surface area (Å²) < 4.78 is 77.9. The van der Waals surface area contributed by atoms with Crippen molar-refractivity contribution < 1.29 is 26.0 Å². The molecule has 0 bridgehead atoms. The second kappa shape index (κ2) is 7.06. The zero-order valence-corrected chi connectivity index (χ0v) is 16.3. The normalized spacial score (nSPS) is 12.4. The minimum absolute atomic E-state index is 0.0102. The Balaban J connectivity index is 2.26. The average Bonchev–Trinajstić information content (AvgIpc) is 2.98. The highest BCUT2D eigenvalue weighted by atomic mass is 35.5. The van der Waals surface area contributed by atoms with Gasteiger partial charge >= 0.3 is 6.18 Å². The molecule has 1 heterocycles. The van der Waals surface area contributed by atoms with Crippen molar-refractivity contribution in [3.63, 3.8) is 0 Å². The van der Waals surface area contributed by atoms with Gasteiger partial charge in [0.15, 0.2) is 15.5 Å². The van der Waals surface area contributed by atoms with Crippen LogP contribution in [-0.2, 0) is 16.0 Å². The molecule has 0 radical (unpaired) electrons. The molecule has 11 heteroatoms. The number of benzene rings is 2. The van der Waals surface area contributed by atoms with Crippen LogP contribution in [0.5, 0.6) is 0 Å². The molecule has 3 aromatic rings. The van der Waals surface area contributed by atoms with Gasteiger partial charge in [-0.05, 0) is 36.4 Å². The van der Waals surface area contributed by atoms with Gasteiger partial charge in [-0.15, -0.1) is 0 Å². The summed E-state index contributed by atoms with van der Waals surface area (Å²) in [5.74, 6) is -1.09. The Morgan fingerprint density at radius 1 is 1.00 bits per heavy atom. The van der Waals surface area contributed by atoms with Crippen molar-refractivity contribution >= 4 is 33.0 Å². The SMILES string of the molecule is CS(=O)(=O)c1ccc(-c2cc(C(F)(F)F)nn2-c2cc(Cl)cc(Cl)c2)cc1F. The predicted octanol–water partition coefficient (Wildman–Crippen LogP) is 5.41. The molecule has 0 unspecified atom stereocenters. The Labute approximate surface area is 167 Å². The fourth-order valence-electron chi connectivity index (χ4n) is 2.54. The van der Waals surface area contributed by atoms with Crippen molar-refractivity contribution in [2.24, 2.45) is 0 Å². The van der Waals surface area contributed by atoms with Gasteiger partial charge in [0.1, 0.15) is 10.7 Å². The largest absolute Gasteiger partial charge is 0.435 e. The van der Waals surface area contributed by atoms with Crippen molar-refractivity contribution in [3.8, 4) is 16.9 Å². The first-order valence-electron chi connectivity index (χ1n) is 7.50. The van der Waals surface area contributed by atoms with Crippen LogP contribution in [0.3, 0.4) is 0 Å². The van der Waals surface area contributed by atoms with E-state index in [0.29, 0.717) is 0 Å². The highest BCUT2D eigenvalue weighted by Crippen LogP contribution is 2.35. The monoisotopic (exact) mass is 452 g/mol. The standard InChI is InChI=1S/C17H10Cl2F4N2O2S/c1-28(26,27)15-3-2-9(4-13(15)20)14-8-16(17(21,22)23)24-25(14)12-6-10(18)5-11(19)7-12/h2-8H,1H3. The van der Waals surface area contributed by atoms with E-state index >= 15 is 0 Å². The Hall–Kier alpha value is -2.10. The lowest BCUT2D eigenvalue weighted by Crippen LogP contribution is -2.07. The van der Waals surface area contributed by atoms with Crippen molar-refractivity contribution in [3.05, 3.63) is 64.0 Å². The van der Waals surface area contributed by atoms with Gasteiger partial charge in [-0.1, -0.05) is 29.3 Å². The summed E-state index contributed by atoms with van der Waals surface area (Å²) in [6, 6.07) is 7.80. The average molecular weight is 453 g/mol.